The van der Waals surface area contributed by atoms with Gasteiger partial charge in [-0.15, -0.1) is 0 Å². The molecule has 0 bridgehead atoms. The van der Waals surface area contributed by atoms with Crippen LogP contribution in [0.4, 0.5) is 0 Å². The van der Waals surface area contributed by atoms with Crippen LogP contribution in [0.3, 0.4) is 0 Å². The number of pyridine rings is 1. The lowest BCUT2D eigenvalue weighted by Gasteiger charge is -2.12. The van der Waals surface area contributed by atoms with Crippen LogP contribution >= 0.6 is 0 Å². The van der Waals surface area contributed by atoms with Crippen molar-refractivity contribution < 1.29 is 4.42 Å². The summed E-state index contributed by atoms with van der Waals surface area (Å²) in [7, 11) is 0. The second-order valence-electron chi connectivity index (χ2n) is 15.0. The molecule has 0 amide bonds. The summed E-state index contributed by atoms with van der Waals surface area (Å²) < 4.78 is 6.50. The first-order chi connectivity index (χ1) is 30.2. The number of hydrogen-bond acceptors (Lipinski definition) is 5. The number of aromatic nitrogens is 4. The van der Waals surface area contributed by atoms with Crippen LogP contribution in [0, 0.1) is 0 Å². The molecule has 11 rings (SSSR count). The Balaban J connectivity index is 1.03. The van der Waals surface area contributed by atoms with Crippen LogP contribution in [0.25, 0.3) is 112 Å². The maximum atomic E-state index is 6.50. The van der Waals surface area contributed by atoms with E-state index in [1.54, 1.807) is 0 Å². The summed E-state index contributed by atoms with van der Waals surface area (Å²) in [5.74, 6) is 1.68. The molecule has 0 spiro atoms. The van der Waals surface area contributed by atoms with E-state index in [0.29, 0.717) is 23.2 Å². The Hall–Kier alpha value is -8.28. The van der Waals surface area contributed by atoms with Gasteiger partial charge in [0.1, 0.15) is 16.9 Å². The van der Waals surface area contributed by atoms with Gasteiger partial charge in [-0.3, -0.25) is 0 Å². The van der Waals surface area contributed by atoms with E-state index in [2.05, 4.69) is 146 Å². The monoisotopic (exact) mass is 780 g/mol. The van der Waals surface area contributed by atoms with Gasteiger partial charge in [-0.1, -0.05) is 176 Å². The Morgan fingerprint density at radius 2 is 0.738 bits per heavy atom. The fourth-order valence-electron chi connectivity index (χ4n) is 8.09. The molecule has 3 aromatic heterocycles. The highest BCUT2D eigenvalue weighted by molar-refractivity contribution is 6.13. The van der Waals surface area contributed by atoms with Crippen LogP contribution in [0.5, 0.6) is 0 Å². The predicted octanol–water partition coefficient (Wildman–Crippen LogP) is 14.5. The molecule has 0 fully saturated rings. The summed E-state index contributed by atoms with van der Waals surface area (Å²) in [6.45, 7) is 0. The van der Waals surface area contributed by atoms with Crippen molar-refractivity contribution in [2.75, 3.05) is 0 Å². The van der Waals surface area contributed by atoms with E-state index in [0.717, 1.165) is 72.1 Å². The minimum atomic E-state index is 0.499. The number of benzene rings is 8. The summed E-state index contributed by atoms with van der Waals surface area (Å²) in [6.07, 6.45) is 0. The molecule has 61 heavy (non-hydrogen) atoms. The molecule has 0 aliphatic carbocycles. The van der Waals surface area contributed by atoms with Crippen LogP contribution in [0.2, 0.25) is 0 Å². The van der Waals surface area contributed by atoms with Crippen molar-refractivity contribution in [1.82, 2.24) is 19.9 Å². The third kappa shape index (κ3) is 7.04. The van der Waals surface area contributed by atoms with Crippen molar-refractivity contribution in [1.29, 1.82) is 0 Å². The van der Waals surface area contributed by atoms with Crippen molar-refractivity contribution in [2.24, 2.45) is 0 Å². The molecule has 0 radical (unpaired) electrons. The Morgan fingerprint density at radius 1 is 0.262 bits per heavy atom. The summed E-state index contributed by atoms with van der Waals surface area (Å²) in [5.41, 5.74) is 14.9. The van der Waals surface area contributed by atoms with Crippen LogP contribution in [-0.4, -0.2) is 19.9 Å². The SMILES string of the molecule is c1ccc(-c2cccc(-c3ccc(-c4cccc5oc6ccc(-c7cc(-c8ccccc8)cc(-c8nc(-c9ccccc9)nc(-c9ccccc9)n8)n7)cc6c45)cc3)c2)cc1. The summed E-state index contributed by atoms with van der Waals surface area (Å²) in [6, 6.07) is 75.3. The smallest absolute Gasteiger partial charge is 0.182 e. The summed E-state index contributed by atoms with van der Waals surface area (Å²) >= 11 is 0. The standard InChI is InChI=1S/C56H36N4O/c1-5-15-37(16-6-1)43-23-13-24-44(33-43)39-27-29-40(30-28-39)47-25-14-26-52-53(47)48-34-45(31-32-51(48)61-52)49-35-46(38-17-7-2-8-18-38)36-50(57-49)56-59-54(41-19-9-3-10-20-41)58-55(60-56)42-21-11-4-12-22-42/h1-36H. The van der Waals surface area contributed by atoms with E-state index < -0.39 is 0 Å². The topological polar surface area (TPSA) is 64.7 Å². The Labute approximate surface area is 353 Å². The molecule has 0 unspecified atom stereocenters. The molecular formula is C56H36N4O. The zero-order chi connectivity index (χ0) is 40.5. The van der Waals surface area contributed by atoms with Gasteiger partial charge < -0.3 is 4.42 Å². The quantitative estimate of drug-likeness (QED) is 0.154. The second kappa shape index (κ2) is 15.5. The van der Waals surface area contributed by atoms with E-state index in [9.17, 15) is 0 Å². The van der Waals surface area contributed by atoms with Crippen molar-refractivity contribution in [2.45, 2.75) is 0 Å². The van der Waals surface area contributed by atoms with Crippen molar-refractivity contribution in [3.05, 3.63) is 218 Å². The second-order valence-corrected chi connectivity index (χ2v) is 15.0. The minimum Gasteiger partial charge on any atom is -0.456 e. The van der Waals surface area contributed by atoms with Gasteiger partial charge in [0.2, 0.25) is 0 Å². The van der Waals surface area contributed by atoms with Gasteiger partial charge in [0.05, 0.1) is 5.69 Å². The fourth-order valence-corrected chi connectivity index (χ4v) is 8.09. The number of hydrogen-bond donors (Lipinski definition) is 0. The molecule has 5 heteroatoms. The van der Waals surface area contributed by atoms with Gasteiger partial charge >= 0.3 is 0 Å². The summed E-state index contributed by atoms with van der Waals surface area (Å²) in [4.78, 5) is 20.3. The van der Waals surface area contributed by atoms with Crippen LogP contribution in [0.15, 0.2) is 223 Å². The lowest BCUT2D eigenvalue weighted by molar-refractivity contribution is 0.669. The number of nitrogens with zero attached hydrogens (tertiary/aromatic N) is 4. The molecule has 3 heterocycles. The fraction of sp³-hybridized carbons (Fsp3) is 0. The highest BCUT2D eigenvalue weighted by Gasteiger charge is 2.18. The maximum Gasteiger partial charge on any atom is 0.182 e. The van der Waals surface area contributed by atoms with Gasteiger partial charge in [-0.2, -0.15) is 0 Å². The lowest BCUT2D eigenvalue weighted by Crippen LogP contribution is -2.02. The first kappa shape index (κ1) is 35.8. The molecule has 0 atom stereocenters. The van der Waals surface area contributed by atoms with Crippen molar-refractivity contribution in [3.8, 4) is 90.1 Å². The first-order valence-electron chi connectivity index (χ1n) is 20.4. The largest absolute Gasteiger partial charge is 0.456 e. The lowest BCUT2D eigenvalue weighted by atomic mass is 9.95. The number of furan rings is 1. The van der Waals surface area contributed by atoms with Gasteiger partial charge in [0, 0.05) is 27.5 Å². The first-order valence-corrected chi connectivity index (χ1v) is 20.4. The molecule has 0 aliphatic rings. The van der Waals surface area contributed by atoms with E-state index in [1.807, 2.05) is 72.8 Å². The van der Waals surface area contributed by atoms with E-state index >= 15 is 0 Å². The highest BCUT2D eigenvalue weighted by Crippen LogP contribution is 2.40. The van der Waals surface area contributed by atoms with Crippen LogP contribution < -0.4 is 0 Å². The van der Waals surface area contributed by atoms with E-state index in [1.165, 1.54) is 16.7 Å². The third-order valence-corrected chi connectivity index (χ3v) is 11.2. The third-order valence-electron chi connectivity index (χ3n) is 11.2. The van der Waals surface area contributed by atoms with E-state index in [-0.39, 0.29) is 0 Å². The average Bonchev–Trinajstić information content (AvgIpc) is 3.73. The molecule has 0 saturated carbocycles. The van der Waals surface area contributed by atoms with Gasteiger partial charge in [0.25, 0.3) is 0 Å². The normalized spacial score (nSPS) is 11.3. The molecule has 5 nitrogen and oxygen atoms in total. The van der Waals surface area contributed by atoms with Gasteiger partial charge in [-0.05, 0) is 87.0 Å². The number of rotatable bonds is 8. The van der Waals surface area contributed by atoms with Gasteiger partial charge in [0.15, 0.2) is 17.5 Å². The van der Waals surface area contributed by atoms with Crippen LogP contribution in [0.1, 0.15) is 0 Å². The highest BCUT2D eigenvalue weighted by atomic mass is 16.3. The molecule has 0 aliphatic heterocycles. The zero-order valence-corrected chi connectivity index (χ0v) is 33.0. The van der Waals surface area contributed by atoms with Crippen molar-refractivity contribution in [3.63, 3.8) is 0 Å². The Bertz CT molecular complexity index is 3270. The molecule has 11 aromatic rings. The molecular weight excluding hydrogens is 745 g/mol. The Morgan fingerprint density at radius 3 is 1.36 bits per heavy atom. The molecule has 0 N–H and O–H groups in total. The van der Waals surface area contributed by atoms with Crippen LogP contribution in [-0.2, 0) is 0 Å². The van der Waals surface area contributed by atoms with E-state index in [4.69, 9.17) is 24.4 Å². The molecule has 0 saturated heterocycles. The average molecular weight is 781 g/mol. The van der Waals surface area contributed by atoms with Crippen molar-refractivity contribution >= 4 is 21.9 Å². The zero-order valence-electron chi connectivity index (χ0n) is 33.0. The maximum absolute atomic E-state index is 6.50. The molecule has 8 aromatic carbocycles. The Kier molecular flexibility index (Phi) is 9.10. The summed E-state index contributed by atoms with van der Waals surface area (Å²) in [5, 5.41) is 2.09. The molecule has 286 valence electrons. The number of fused-ring (bicyclic) bond motifs is 3. The predicted molar refractivity (Wildman–Crippen MR) is 248 cm³/mol. The minimum absolute atomic E-state index is 0.499. The van der Waals surface area contributed by atoms with Gasteiger partial charge in [-0.25, -0.2) is 19.9 Å².